The molecule has 0 fully saturated rings. The number of amides is 1. The van der Waals surface area contributed by atoms with E-state index in [1.165, 1.54) is 4.57 Å². The van der Waals surface area contributed by atoms with Crippen molar-refractivity contribution in [3.63, 3.8) is 0 Å². The molecule has 3 N–H and O–H groups in total. The molecule has 0 saturated heterocycles. The van der Waals surface area contributed by atoms with Crippen molar-refractivity contribution >= 4 is 59.0 Å². The highest BCUT2D eigenvalue weighted by atomic mass is 32.1. The number of nitrogens with zero attached hydrogens (tertiary/aromatic N) is 2. The Morgan fingerprint density at radius 2 is 2.12 bits per heavy atom. The Kier molecular flexibility index (Phi) is 4.77. The Bertz CT molecular complexity index is 972. The fraction of sp³-hybridized carbons (Fsp3) is 0.125. The summed E-state index contributed by atoms with van der Waals surface area (Å²) in [5.74, 6) is -1.82. The van der Waals surface area contributed by atoms with E-state index in [1.54, 1.807) is 12.3 Å². The van der Waals surface area contributed by atoms with Gasteiger partial charge in [-0.3, -0.25) is 19.1 Å². The second kappa shape index (κ2) is 6.99. The number of carbonyl (C=O) groups excluding carboxylic acids is 1. The number of hydrogen-bond acceptors (Lipinski definition) is 6. The van der Waals surface area contributed by atoms with E-state index in [1.807, 2.05) is 24.3 Å². The maximum atomic E-state index is 11.8. The van der Waals surface area contributed by atoms with Crippen LogP contribution in [0.5, 0.6) is 5.88 Å². The van der Waals surface area contributed by atoms with Crippen molar-refractivity contribution in [1.82, 2.24) is 9.88 Å². The average Bonchev–Trinajstić information content (AvgIpc) is 3.10. The molecule has 1 aliphatic rings. The van der Waals surface area contributed by atoms with Gasteiger partial charge < -0.3 is 15.5 Å². The molecule has 25 heavy (non-hydrogen) atoms. The number of allylic oxidation sites excluding steroid dienone is 1. The lowest BCUT2D eigenvalue weighted by molar-refractivity contribution is -0.138. The Morgan fingerprint density at radius 1 is 1.36 bits per heavy atom. The van der Waals surface area contributed by atoms with Crippen LogP contribution in [0.3, 0.4) is 0 Å². The summed E-state index contributed by atoms with van der Waals surface area (Å²) >= 11 is 6.36. The zero-order valence-electron chi connectivity index (χ0n) is 12.8. The lowest BCUT2D eigenvalue weighted by Gasteiger charge is -2.05. The number of rotatable bonds is 5. The van der Waals surface area contributed by atoms with Gasteiger partial charge in [0, 0.05) is 17.4 Å². The molecule has 1 aromatic heterocycles. The first-order valence-electron chi connectivity index (χ1n) is 7.22. The van der Waals surface area contributed by atoms with E-state index in [0.29, 0.717) is 8.83 Å². The van der Waals surface area contributed by atoms with E-state index in [4.69, 9.17) is 17.3 Å². The van der Waals surface area contributed by atoms with Crippen LogP contribution in [0, 0.1) is 3.95 Å². The SMILES string of the molecule is O=C(O)CNC(=O)Cn1c(O)c(/C=C2\C=Nc3ccccc32)sc1=S. The van der Waals surface area contributed by atoms with Crippen molar-refractivity contribution in [2.75, 3.05) is 6.54 Å². The summed E-state index contributed by atoms with van der Waals surface area (Å²) in [4.78, 5) is 27.0. The molecule has 3 rings (SSSR count). The van der Waals surface area contributed by atoms with E-state index in [0.717, 1.165) is 28.2 Å². The zero-order valence-corrected chi connectivity index (χ0v) is 14.4. The van der Waals surface area contributed by atoms with Crippen molar-refractivity contribution < 1.29 is 19.8 Å². The van der Waals surface area contributed by atoms with Crippen molar-refractivity contribution in [3.8, 4) is 5.88 Å². The largest absolute Gasteiger partial charge is 0.493 e. The number of thiazole rings is 1. The van der Waals surface area contributed by atoms with Crippen LogP contribution in [-0.2, 0) is 16.1 Å². The highest BCUT2D eigenvalue weighted by Gasteiger charge is 2.16. The van der Waals surface area contributed by atoms with Crippen molar-refractivity contribution in [3.05, 3.63) is 38.7 Å². The third-order valence-electron chi connectivity index (χ3n) is 3.48. The van der Waals surface area contributed by atoms with Crippen LogP contribution in [0.4, 0.5) is 5.69 Å². The molecule has 2 aromatic rings. The number of benzene rings is 1. The topological polar surface area (TPSA) is 104 Å². The predicted octanol–water partition coefficient (Wildman–Crippen LogP) is 2.44. The highest BCUT2D eigenvalue weighted by molar-refractivity contribution is 7.73. The fourth-order valence-corrected chi connectivity index (χ4v) is 3.57. The minimum atomic E-state index is -1.14. The van der Waals surface area contributed by atoms with Gasteiger partial charge in [0.25, 0.3) is 0 Å². The van der Waals surface area contributed by atoms with Gasteiger partial charge in [-0.05, 0) is 24.4 Å². The Morgan fingerprint density at radius 3 is 2.88 bits per heavy atom. The number of para-hydroxylation sites is 1. The first-order valence-corrected chi connectivity index (χ1v) is 8.44. The van der Waals surface area contributed by atoms with Gasteiger partial charge in [0.1, 0.15) is 13.1 Å². The molecule has 0 aliphatic carbocycles. The molecular weight excluding hydrogens is 362 g/mol. The Hall–Kier alpha value is -2.78. The molecule has 1 amide bonds. The van der Waals surface area contributed by atoms with Gasteiger partial charge in [-0.25, -0.2) is 0 Å². The van der Waals surface area contributed by atoms with E-state index in [-0.39, 0.29) is 12.4 Å². The number of aromatic hydroxyl groups is 1. The van der Waals surface area contributed by atoms with E-state index in [2.05, 4.69) is 10.3 Å². The third-order valence-corrected chi connectivity index (χ3v) is 4.86. The number of carboxylic acids is 1. The lowest BCUT2D eigenvalue weighted by atomic mass is 10.1. The van der Waals surface area contributed by atoms with Gasteiger partial charge in [-0.1, -0.05) is 18.2 Å². The molecule has 7 nitrogen and oxygen atoms in total. The van der Waals surface area contributed by atoms with Crippen LogP contribution in [-0.4, -0.2) is 39.4 Å². The van der Waals surface area contributed by atoms with Gasteiger partial charge in [0.15, 0.2) is 3.95 Å². The summed E-state index contributed by atoms with van der Waals surface area (Å²) in [6.45, 7) is -0.733. The molecular formula is C16H13N3O4S2. The van der Waals surface area contributed by atoms with Crippen LogP contribution < -0.4 is 5.32 Å². The van der Waals surface area contributed by atoms with Crippen LogP contribution in [0.15, 0.2) is 29.3 Å². The van der Waals surface area contributed by atoms with Crippen LogP contribution in [0.2, 0.25) is 0 Å². The number of hydrogen-bond donors (Lipinski definition) is 3. The second-order valence-electron chi connectivity index (χ2n) is 5.19. The van der Waals surface area contributed by atoms with Crippen LogP contribution in [0.1, 0.15) is 10.4 Å². The van der Waals surface area contributed by atoms with E-state index >= 15 is 0 Å². The zero-order chi connectivity index (χ0) is 18.0. The smallest absolute Gasteiger partial charge is 0.322 e. The summed E-state index contributed by atoms with van der Waals surface area (Å²) < 4.78 is 1.58. The number of carboxylic acid groups (broad SMARTS) is 1. The van der Waals surface area contributed by atoms with Crippen LogP contribution in [0.25, 0.3) is 11.6 Å². The van der Waals surface area contributed by atoms with E-state index in [9.17, 15) is 14.7 Å². The normalized spacial score (nSPS) is 13.8. The van der Waals surface area contributed by atoms with Gasteiger partial charge in [0.2, 0.25) is 11.8 Å². The fourth-order valence-electron chi connectivity index (χ4n) is 2.32. The predicted molar refractivity (Wildman–Crippen MR) is 97.9 cm³/mol. The van der Waals surface area contributed by atoms with Crippen molar-refractivity contribution in [2.45, 2.75) is 6.54 Å². The third kappa shape index (κ3) is 3.67. The number of aliphatic imine (C=N–C) groups is 1. The number of aliphatic carboxylic acids is 1. The summed E-state index contributed by atoms with van der Waals surface area (Å²) in [6, 6.07) is 7.63. The molecule has 128 valence electrons. The minimum Gasteiger partial charge on any atom is -0.493 e. The summed E-state index contributed by atoms with van der Waals surface area (Å²) in [5, 5.41) is 21.2. The molecule has 1 aromatic carbocycles. The minimum absolute atomic E-state index is 0.134. The average molecular weight is 375 g/mol. The molecule has 0 radical (unpaired) electrons. The molecule has 2 heterocycles. The van der Waals surface area contributed by atoms with E-state index < -0.39 is 18.4 Å². The van der Waals surface area contributed by atoms with Crippen molar-refractivity contribution in [1.29, 1.82) is 0 Å². The molecule has 0 saturated carbocycles. The van der Waals surface area contributed by atoms with Crippen LogP contribution >= 0.6 is 23.6 Å². The number of aromatic nitrogens is 1. The number of fused-ring (bicyclic) bond motifs is 1. The molecule has 0 atom stereocenters. The quantitative estimate of drug-likeness (QED) is 0.697. The summed E-state index contributed by atoms with van der Waals surface area (Å²) in [5.41, 5.74) is 2.64. The first-order chi connectivity index (χ1) is 12.0. The number of carbonyl (C=O) groups is 2. The number of nitrogens with one attached hydrogen (secondary N) is 1. The monoisotopic (exact) mass is 375 g/mol. The lowest BCUT2D eigenvalue weighted by Crippen LogP contribution is -2.32. The molecule has 0 unspecified atom stereocenters. The molecule has 0 bridgehead atoms. The summed E-state index contributed by atoms with van der Waals surface area (Å²) in [6.07, 6.45) is 3.47. The molecule has 9 heteroatoms. The van der Waals surface area contributed by atoms with Crippen molar-refractivity contribution in [2.24, 2.45) is 4.99 Å². The standard InChI is InChI=1S/C16H13N3O4S2/c20-13(18-7-14(21)22)8-19-15(23)12(25-16(19)24)5-9-6-17-11-4-2-1-3-10(9)11/h1-6,23H,7-8H2,(H,18,20)(H,21,22)/b9-5+. The Labute approximate surface area is 151 Å². The van der Waals surface area contributed by atoms with Gasteiger partial charge in [0.05, 0.1) is 10.6 Å². The highest BCUT2D eigenvalue weighted by Crippen LogP contribution is 2.35. The van der Waals surface area contributed by atoms with Gasteiger partial charge >= 0.3 is 5.97 Å². The van der Waals surface area contributed by atoms with Gasteiger partial charge in [-0.15, -0.1) is 11.3 Å². The molecule has 1 aliphatic heterocycles. The maximum Gasteiger partial charge on any atom is 0.322 e. The summed E-state index contributed by atoms with van der Waals surface area (Å²) in [7, 11) is 0. The maximum absolute atomic E-state index is 11.8. The second-order valence-corrected chi connectivity index (χ2v) is 6.86. The van der Waals surface area contributed by atoms with Gasteiger partial charge in [-0.2, -0.15) is 0 Å². The Balaban J connectivity index is 1.85. The molecule has 0 spiro atoms. The first kappa shape index (κ1) is 17.1.